The molecule has 1 N–H and O–H groups in total. The largest absolute Gasteiger partial charge is 0.435 e. The van der Waals surface area contributed by atoms with E-state index in [0.717, 1.165) is 12.1 Å². The zero-order valence-corrected chi connectivity index (χ0v) is 10.4. The van der Waals surface area contributed by atoms with Crippen molar-refractivity contribution in [3.8, 4) is 5.75 Å². The van der Waals surface area contributed by atoms with Crippen molar-refractivity contribution in [2.75, 3.05) is 5.32 Å². The van der Waals surface area contributed by atoms with Crippen LogP contribution in [0.5, 0.6) is 5.75 Å². The maximum Gasteiger partial charge on any atom is 0.387 e. The summed E-state index contributed by atoms with van der Waals surface area (Å²) in [6.45, 7) is -2.96. The highest BCUT2D eigenvalue weighted by Gasteiger charge is 2.09. The summed E-state index contributed by atoms with van der Waals surface area (Å²) in [4.78, 5) is 11.8. The van der Waals surface area contributed by atoms with Crippen molar-refractivity contribution >= 4 is 11.6 Å². The number of benzene rings is 2. The Bertz CT molecular complexity index is 624. The van der Waals surface area contributed by atoms with E-state index in [2.05, 4.69) is 10.1 Å². The van der Waals surface area contributed by atoms with Crippen molar-refractivity contribution < 1.29 is 27.1 Å². The van der Waals surface area contributed by atoms with E-state index in [4.69, 9.17) is 0 Å². The molecule has 2 aromatic rings. The van der Waals surface area contributed by atoms with Gasteiger partial charge < -0.3 is 10.1 Å². The molecular weight excluding hydrogens is 290 g/mol. The molecule has 0 radical (unpaired) electrons. The van der Waals surface area contributed by atoms with E-state index in [1.165, 1.54) is 24.3 Å². The Morgan fingerprint density at radius 2 is 1.57 bits per heavy atom. The molecule has 0 unspecified atom stereocenters. The highest BCUT2D eigenvalue weighted by atomic mass is 19.3. The molecule has 21 heavy (non-hydrogen) atoms. The first-order valence-electron chi connectivity index (χ1n) is 5.76. The minimum Gasteiger partial charge on any atom is -0.435 e. The molecule has 0 saturated carbocycles. The first-order valence-corrected chi connectivity index (χ1v) is 5.76. The third-order valence-corrected chi connectivity index (χ3v) is 2.46. The van der Waals surface area contributed by atoms with E-state index in [-0.39, 0.29) is 17.0 Å². The molecule has 0 aromatic heterocycles. The van der Waals surface area contributed by atoms with Crippen LogP contribution in [-0.2, 0) is 0 Å². The first kappa shape index (κ1) is 14.8. The molecule has 0 aliphatic carbocycles. The van der Waals surface area contributed by atoms with Gasteiger partial charge in [-0.15, -0.1) is 0 Å². The third kappa shape index (κ3) is 4.20. The predicted octanol–water partition coefficient (Wildman–Crippen LogP) is 3.82. The van der Waals surface area contributed by atoms with Gasteiger partial charge in [-0.2, -0.15) is 8.78 Å². The van der Waals surface area contributed by atoms with Gasteiger partial charge in [0.25, 0.3) is 5.91 Å². The van der Waals surface area contributed by atoms with Gasteiger partial charge >= 0.3 is 6.61 Å². The summed E-state index contributed by atoms with van der Waals surface area (Å²) in [6.07, 6.45) is 0. The Morgan fingerprint density at radius 3 is 2.10 bits per heavy atom. The van der Waals surface area contributed by atoms with Crippen molar-refractivity contribution in [3.63, 3.8) is 0 Å². The van der Waals surface area contributed by atoms with E-state index in [0.29, 0.717) is 6.07 Å². The average molecular weight is 299 g/mol. The normalized spacial score (nSPS) is 10.5. The van der Waals surface area contributed by atoms with Gasteiger partial charge in [0.05, 0.1) is 0 Å². The number of carbonyl (C=O) groups is 1. The van der Waals surface area contributed by atoms with E-state index in [1.54, 1.807) is 0 Å². The van der Waals surface area contributed by atoms with Crippen LogP contribution in [0.25, 0.3) is 0 Å². The lowest BCUT2D eigenvalue weighted by atomic mass is 10.2. The van der Waals surface area contributed by atoms with Gasteiger partial charge in [0.15, 0.2) is 0 Å². The molecule has 2 aromatic carbocycles. The zero-order valence-electron chi connectivity index (χ0n) is 10.4. The Hall–Kier alpha value is -2.57. The highest BCUT2D eigenvalue weighted by molar-refractivity contribution is 6.04. The third-order valence-electron chi connectivity index (χ3n) is 2.46. The summed E-state index contributed by atoms with van der Waals surface area (Å²) in [5.41, 5.74) is 0.0756. The number of halogens is 4. The van der Waals surface area contributed by atoms with E-state index >= 15 is 0 Å². The van der Waals surface area contributed by atoms with Gasteiger partial charge in [-0.1, -0.05) is 0 Å². The smallest absolute Gasteiger partial charge is 0.387 e. The van der Waals surface area contributed by atoms with Gasteiger partial charge in [-0.05, 0) is 36.4 Å². The van der Waals surface area contributed by atoms with Crippen LogP contribution in [0.1, 0.15) is 10.4 Å². The molecule has 0 fully saturated rings. The maximum absolute atomic E-state index is 13.0. The summed E-state index contributed by atoms with van der Waals surface area (Å²) < 4.78 is 54.0. The molecule has 0 aliphatic heterocycles. The summed E-state index contributed by atoms with van der Waals surface area (Å²) in [6, 6.07) is 7.46. The molecule has 0 bridgehead atoms. The second-order valence-electron chi connectivity index (χ2n) is 4.02. The second-order valence-corrected chi connectivity index (χ2v) is 4.02. The topological polar surface area (TPSA) is 38.3 Å². The quantitative estimate of drug-likeness (QED) is 0.872. The van der Waals surface area contributed by atoms with Crippen molar-refractivity contribution in [3.05, 3.63) is 59.7 Å². The van der Waals surface area contributed by atoms with Gasteiger partial charge in [-0.3, -0.25) is 4.79 Å². The molecule has 0 atom stereocenters. The van der Waals surface area contributed by atoms with Gasteiger partial charge in [0.2, 0.25) is 0 Å². The molecule has 0 saturated heterocycles. The molecule has 1 amide bonds. The summed E-state index contributed by atoms with van der Waals surface area (Å²) in [5, 5.41) is 2.29. The van der Waals surface area contributed by atoms with E-state index in [1.807, 2.05) is 0 Å². The summed E-state index contributed by atoms with van der Waals surface area (Å²) in [5.74, 6) is -2.39. The number of amides is 1. The van der Waals surface area contributed by atoms with E-state index < -0.39 is 24.2 Å². The Labute approximate surface area is 117 Å². The van der Waals surface area contributed by atoms with Gasteiger partial charge in [-0.25, -0.2) is 8.78 Å². The number of carbonyl (C=O) groups excluding carboxylic acids is 1. The lowest BCUT2D eigenvalue weighted by molar-refractivity contribution is -0.0498. The van der Waals surface area contributed by atoms with Crippen LogP contribution in [0.3, 0.4) is 0 Å². The van der Waals surface area contributed by atoms with Crippen LogP contribution in [-0.4, -0.2) is 12.5 Å². The fraction of sp³-hybridized carbons (Fsp3) is 0.0714. The fourth-order valence-electron chi connectivity index (χ4n) is 1.62. The SMILES string of the molecule is O=C(Nc1cc(F)cc(F)c1)c1ccc(OC(F)F)cc1. The molecule has 2 rings (SSSR count). The molecule has 3 nitrogen and oxygen atoms in total. The van der Waals surface area contributed by atoms with Crippen molar-refractivity contribution in [2.45, 2.75) is 6.61 Å². The van der Waals surface area contributed by atoms with Crippen LogP contribution in [0.2, 0.25) is 0 Å². The summed E-state index contributed by atoms with van der Waals surface area (Å²) >= 11 is 0. The highest BCUT2D eigenvalue weighted by Crippen LogP contribution is 2.17. The fourth-order valence-corrected chi connectivity index (χ4v) is 1.62. The lowest BCUT2D eigenvalue weighted by Crippen LogP contribution is -2.12. The Balaban J connectivity index is 2.09. The number of alkyl halides is 2. The molecular formula is C14H9F4NO2. The zero-order chi connectivity index (χ0) is 15.4. The van der Waals surface area contributed by atoms with E-state index in [9.17, 15) is 22.4 Å². The van der Waals surface area contributed by atoms with Crippen molar-refractivity contribution in [1.82, 2.24) is 0 Å². The molecule has 0 heterocycles. The van der Waals surface area contributed by atoms with Gasteiger partial charge in [0.1, 0.15) is 17.4 Å². The molecule has 0 aliphatic rings. The monoisotopic (exact) mass is 299 g/mol. The van der Waals surface area contributed by atoms with Crippen molar-refractivity contribution in [1.29, 1.82) is 0 Å². The minimum absolute atomic E-state index is 0.0505. The van der Waals surface area contributed by atoms with Crippen LogP contribution in [0.15, 0.2) is 42.5 Å². The standard InChI is InChI=1S/C14H9F4NO2/c15-9-5-10(16)7-11(6-9)19-13(20)8-1-3-12(4-2-8)21-14(17)18/h1-7,14H,(H,19,20). The maximum atomic E-state index is 13.0. The minimum atomic E-state index is -2.96. The predicted molar refractivity (Wildman–Crippen MR) is 67.4 cm³/mol. The number of anilines is 1. The number of hydrogen-bond acceptors (Lipinski definition) is 2. The summed E-state index contributed by atoms with van der Waals surface area (Å²) in [7, 11) is 0. The van der Waals surface area contributed by atoms with Crippen LogP contribution >= 0.6 is 0 Å². The number of ether oxygens (including phenoxy) is 1. The van der Waals surface area contributed by atoms with Crippen LogP contribution < -0.4 is 10.1 Å². The second kappa shape index (κ2) is 6.25. The molecule has 7 heteroatoms. The average Bonchev–Trinajstić information content (AvgIpc) is 2.37. The molecule has 0 spiro atoms. The van der Waals surface area contributed by atoms with Crippen LogP contribution in [0.4, 0.5) is 23.2 Å². The number of nitrogens with one attached hydrogen (secondary N) is 1. The van der Waals surface area contributed by atoms with Gasteiger partial charge in [0, 0.05) is 17.3 Å². The Kier molecular flexibility index (Phi) is 4.42. The van der Waals surface area contributed by atoms with Crippen molar-refractivity contribution in [2.24, 2.45) is 0 Å². The Morgan fingerprint density at radius 1 is 1.00 bits per heavy atom. The number of hydrogen-bond donors (Lipinski definition) is 1. The first-order chi connectivity index (χ1) is 9.94. The lowest BCUT2D eigenvalue weighted by Gasteiger charge is -2.07. The molecule has 110 valence electrons. The van der Waals surface area contributed by atoms with Crippen LogP contribution in [0, 0.1) is 11.6 Å². The number of rotatable bonds is 4.